The van der Waals surface area contributed by atoms with E-state index in [9.17, 15) is 9.59 Å². The molecule has 1 fully saturated rings. The van der Waals surface area contributed by atoms with Gasteiger partial charge in [0.25, 0.3) is 5.56 Å². The van der Waals surface area contributed by atoms with Crippen LogP contribution in [0, 0.1) is 6.92 Å². The Kier molecular flexibility index (Phi) is 4.01. The molecule has 0 bridgehead atoms. The van der Waals surface area contributed by atoms with Crippen LogP contribution in [0.2, 0.25) is 0 Å². The number of aromatic amines is 1. The molecule has 3 aromatic rings. The molecule has 0 saturated heterocycles. The minimum Gasteiger partial charge on any atom is -0.493 e. The van der Waals surface area contributed by atoms with Crippen molar-refractivity contribution >= 4 is 11.7 Å². The van der Waals surface area contributed by atoms with E-state index >= 15 is 0 Å². The minimum absolute atomic E-state index is 0. The van der Waals surface area contributed by atoms with E-state index < -0.39 is 5.41 Å². The highest BCUT2D eigenvalue weighted by Gasteiger charge is 2.51. The number of H-pyrrole nitrogens is 1. The fraction of sp³-hybridized carbons (Fsp3) is 0.261. The summed E-state index contributed by atoms with van der Waals surface area (Å²) in [5.74, 6) is 1.33. The number of carbonyl (C=O) groups is 1. The molecule has 2 aliphatic rings. The number of ether oxygens (including phenoxy) is 1. The molecule has 6 heteroatoms. The largest absolute Gasteiger partial charge is 0.493 e. The summed E-state index contributed by atoms with van der Waals surface area (Å²) in [7, 11) is 0. The van der Waals surface area contributed by atoms with Crippen LogP contribution in [0.1, 0.15) is 31.0 Å². The van der Waals surface area contributed by atoms with Crippen molar-refractivity contribution in [2.24, 2.45) is 0 Å². The van der Waals surface area contributed by atoms with Crippen LogP contribution in [0.15, 0.2) is 53.5 Å². The maximum Gasteiger partial charge on any atom is 0.257 e. The Morgan fingerprint density at radius 1 is 1.24 bits per heavy atom. The number of nitrogens with zero attached hydrogens (tertiary/aromatic N) is 1. The summed E-state index contributed by atoms with van der Waals surface area (Å²) in [5, 5.41) is 2.99. The third-order valence-electron chi connectivity index (χ3n) is 5.73. The molecule has 5 rings (SSSR count). The second-order valence-corrected chi connectivity index (χ2v) is 7.79. The lowest BCUT2D eigenvalue weighted by Crippen LogP contribution is -2.28. The van der Waals surface area contributed by atoms with Crippen LogP contribution >= 0.6 is 0 Å². The molecular formula is C23H23N3O3. The number of hydrogen-bond acceptors (Lipinski definition) is 4. The van der Waals surface area contributed by atoms with Crippen LogP contribution in [0.25, 0.3) is 11.3 Å². The van der Waals surface area contributed by atoms with Crippen LogP contribution in [-0.4, -0.2) is 22.5 Å². The van der Waals surface area contributed by atoms with Gasteiger partial charge < -0.3 is 15.0 Å². The number of amides is 1. The van der Waals surface area contributed by atoms with Crippen LogP contribution in [0.3, 0.4) is 0 Å². The minimum atomic E-state index is -0.507. The maximum absolute atomic E-state index is 13.2. The summed E-state index contributed by atoms with van der Waals surface area (Å²) in [6.07, 6.45) is 4.10. The van der Waals surface area contributed by atoms with E-state index in [0.717, 1.165) is 36.1 Å². The molecule has 6 nitrogen and oxygen atoms in total. The average Bonchev–Trinajstić information content (AvgIpc) is 3.39. The summed E-state index contributed by atoms with van der Waals surface area (Å²) in [6.45, 7) is 2.62. The van der Waals surface area contributed by atoms with E-state index in [1.165, 1.54) is 5.56 Å². The van der Waals surface area contributed by atoms with Crippen molar-refractivity contribution in [3.05, 3.63) is 75.7 Å². The SMILES string of the molecule is Cc1cc(NC(=O)C2(c3ccc4c(c3)CCO4)CC2)nc(-c2ccc[nH]c2=O)c1.[HH]. The third-order valence-corrected chi connectivity index (χ3v) is 5.73. The van der Waals surface area contributed by atoms with Crippen molar-refractivity contribution in [3.63, 3.8) is 0 Å². The van der Waals surface area contributed by atoms with Crippen LogP contribution < -0.4 is 15.6 Å². The number of hydrogen-bond donors (Lipinski definition) is 2. The van der Waals surface area contributed by atoms with Crippen molar-refractivity contribution < 1.29 is 11.0 Å². The molecule has 1 aliphatic heterocycles. The van der Waals surface area contributed by atoms with Crippen LogP contribution in [0.4, 0.5) is 5.82 Å². The van der Waals surface area contributed by atoms with Gasteiger partial charge in [0.2, 0.25) is 5.91 Å². The lowest BCUT2D eigenvalue weighted by atomic mass is 9.92. The number of aryl methyl sites for hydroxylation is 1. The molecule has 1 amide bonds. The Morgan fingerprint density at radius 3 is 2.90 bits per heavy atom. The lowest BCUT2D eigenvalue weighted by molar-refractivity contribution is -0.118. The van der Waals surface area contributed by atoms with Gasteiger partial charge in [-0.1, -0.05) is 12.1 Å². The first-order chi connectivity index (χ1) is 14.0. The molecule has 1 aliphatic carbocycles. The number of rotatable bonds is 4. The number of anilines is 1. The molecule has 2 N–H and O–H groups in total. The number of aromatic nitrogens is 2. The first-order valence-electron chi connectivity index (χ1n) is 9.80. The molecule has 148 valence electrons. The number of nitrogens with one attached hydrogen (secondary N) is 2. The molecule has 0 unspecified atom stereocenters. The summed E-state index contributed by atoms with van der Waals surface area (Å²) in [5.41, 5.74) is 3.43. The van der Waals surface area contributed by atoms with Gasteiger partial charge in [0.05, 0.1) is 23.3 Å². The molecule has 2 aromatic heterocycles. The molecule has 1 saturated carbocycles. The zero-order chi connectivity index (χ0) is 20.0. The number of benzene rings is 1. The van der Waals surface area contributed by atoms with Gasteiger partial charge in [-0.15, -0.1) is 0 Å². The summed E-state index contributed by atoms with van der Waals surface area (Å²) >= 11 is 0. The van der Waals surface area contributed by atoms with Gasteiger partial charge in [-0.2, -0.15) is 0 Å². The number of fused-ring (bicyclic) bond motifs is 1. The molecule has 1 aromatic carbocycles. The normalized spacial score (nSPS) is 16.0. The third kappa shape index (κ3) is 3.10. The van der Waals surface area contributed by atoms with Crippen molar-refractivity contribution in [2.75, 3.05) is 11.9 Å². The first kappa shape index (κ1) is 17.7. The zero-order valence-electron chi connectivity index (χ0n) is 16.1. The predicted molar refractivity (Wildman–Crippen MR) is 112 cm³/mol. The number of carbonyl (C=O) groups excluding carboxylic acids is 1. The van der Waals surface area contributed by atoms with Gasteiger partial charge in [0.1, 0.15) is 11.6 Å². The van der Waals surface area contributed by atoms with Crippen molar-refractivity contribution in [3.8, 4) is 17.0 Å². The zero-order valence-corrected chi connectivity index (χ0v) is 16.1. The monoisotopic (exact) mass is 389 g/mol. The fourth-order valence-electron chi connectivity index (χ4n) is 3.98. The van der Waals surface area contributed by atoms with E-state index in [4.69, 9.17) is 4.74 Å². The van der Waals surface area contributed by atoms with Gasteiger partial charge in [-0.3, -0.25) is 9.59 Å². The Hall–Kier alpha value is -3.41. The van der Waals surface area contributed by atoms with Crippen molar-refractivity contribution in [1.29, 1.82) is 0 Å². The fourth-order valence-corrected chi connectivity index (χ4v) is 3.98. The molecule has 3 heterocycles. The Bertz CT molecular complexity index is 1180. The van der Waals surface area contributed by atoms with Gasteiger partial charge >= 0.3 is 0 Å². The van der Waals surface area contributed by atoms with Crippen molar-refractivity contribution in [1.82, 2.24) is 9.97 Å². The maximum atomic E-state index is 13.2. The van der Waals surface area contributed by atoms with E-state index in [0.29, 0.717) is 23.7 Å². The van der Waals surface area contributed by atoms with Crippen LogP contribution in [-0.2, 0) is 16.6 Å². The van der Waals surface area contributed by atoms with E-state index in [1.54, 1.807) is 18.3 Å². The molecule has 29 heavy (non-hydrogen) atoms. The quantitative estimate of drug-likeness (QED) is 0.714. The van der Waals surface area contributed by atoms with E-state index in [-0.39, 0.29) is 12.9 Å². The van der Waals surface area contributed by atoms with Crippen LogP contribution in [0.5, 0.6) is 5.75 Å². The predicted octanol–water partition coefficient (Wildman–Crippen LogP) is 3.60. The van der Waals surface area contributed by atoms with Gasteiger partial charge in [-0.05, 0) is 66.8 Å². The van der Waals surface area contributed by atoms with Crippen molar-refractivity contribution in [2.45, 2.75) is 31.6 Å². The first-order valence-corrected chi connectivity index (χ1v) is 9.80. The van der Waals surface area contributed by atoms with E-state index in [2.05, 4.69) is 21.4 Å². The summed E-state index contributed by atoms with van der Waals surface area (Å²) in [4.78, 5) is 32.5. The Labute approximate surface area is 169 Å². The van der Waals surface area contributed by atoms with Gasteiger partial charge in [0.15, 0.2) is 0 Å². The second-order valence-electron chi connectivity index (χ2n) is 7.79. The second kappa shape index (κ2) is 6.58. The standard InChI is InChI=1S/C23H21N3O3.H2/c1-14-11-18(17-3-2-9-24-21(17)27)25-20(12-14)26-22(28)23(7-8-23)16-4-5-19-15(13-16)6-10-29-19;/h2-5,9,11-13H,6-8,10H2,1H3,(H,24,27)(H,25,26,28);1H. The summed E-state index contributed by atoms with van der Waals surface area (Å²) < 4.78 is 5.58. The Balaban J connectivity index is 0.00000218. The highest BCUT2D eigenvalue weighted by molar-refractivity contribution is 6.01. The lowest BCUT2D eigenvalue weighted by Gasteiger charge is -2.17. The highest BCUT2D eigenvalue weighted by atomic mass is 16.5. The molecular weight excluding hydrogens is 366 g/mol. The summed E-state index contributed by atoms with van der Waals surface area (Å²) in [6, 6.07) is 13.2. The molecule has 0 radical (unpaired) electrons. The Morgan fingerprint density at radius 2 is 2.10 bits per heavy atom. The topological polar surface area (TPSA) is 84.1 Å². The van der Waals surface area contributed by atoms with Gasteiger partial charge in [0, 0.05) is 14.0 Å². The molecule has 0 atom stereocenters. The van der Waals surface area contributed by atoms with Gasteiger partial charge in [-0.25, -0.2) is 4.98 Å². The number of pyridine rings is 2. The highest BCUT2D eigenvalue weighted by Crippen LogP contribution is 2.50. The smallest absolute Gasteiger partial charge is 0.257 e. The molecule has 0 spiro atoms. The van der Waals surface area contributed by atoms with E-state index in [1.807, 2.05) is 31.2 Å². The average molecular weight is 389 g/mol.